The molecular formula is C21H27N3O4. The number of carbonyl (C=O) groups excluding carboxylic acids is 2. The van der Waals surface area contributed by atoms with Gasteiger partial charge < -0.3 is 10.1 Å². The van der Waals surface area contributed by atoms with Gasteiger partial charge in [0.05, 0.1) is 11.1 Å². The zero-order valence-electron chi connectivity index (χ0n) is 16.7. The van der Waals surface area contributed by atoms with Crippen molar-refractivity contribution in [2.75, 3.05) is 0 Å². The molecule has 0 atom stereocenters. The predicted molar refractivity (Wildman–Crippen MR) is 105 cm³/mol. The van der Waals surface area contributed by atoms with E-state index in [9.17, 15) is 14.4 Å². The first kappa shape index (κ1) is 20.0. The molecule has 2 aromatic rings. The van der Waals surface area contributed by atoms with Crippen LogP contribution in [0.2, 0.25) is 0 Å². The van der Waals surface area contributed by atoms with Crippen LogP contribution in [0.15, 0.2) is 35.3 Å². The Morgan fingerprint density at radius 2 is 1.96 bits per heavy atom. The lowest BCUT2D eigenvalue weighted by molar-refractivity contribution is -0.159. The van der Waals surface area contributed by atoms with Crippen LogP contribution in [0.4, 0.5) is 0 Å². The van der Waals surface area contributed by atoms with Crippen LogP contribution in [0.25, 0.3) is 5.65 Å². The molecule has 0 unspecified atom stereocenters. The zero-order chi connectivity index (χ0) is 20.4. The number of carbonyl (C=O) groups is 2. The van der Waals surface area contributed by atoms with Crippen molar-refractivity contribution in [2.45, 2.75) is 65.0 Å². The van der Waals surface area contributed by atoms with E-state index in [1.54, 1.807) is 24.4 Å². The monoisotopic (exact) mass is 385 g/mol. The number of nitrogens with zero attached hydrogens (tertiary/aromatic N) is 2. The maximum Gasteiger partial charge on any atom is 0.312 e. The Labute approximate surface area is 164 Å². The molecule has 2 heterocycles. The quantitative estimate of drug-likeness (QED) is 0.799. The molecule has 7 heteroatoms. The number of rotatable bonds is 5. The van der Waals surface area contributed by atoms with Crippen molar-refractivity contribution in [2.24, 2.45) is 5.41 Å². The number of fused-ring (bicyclic) bond motifs is 1. The van der Waals surface area contributed by atoms with Crippen molar-refractivity contribution >= 4 is 17.5 Å². The third-order valence-corrected chi connectivity index (χ3v) is 4.98. The van der Waals surface area contributed by atoms with E-state index in [1.165, 1.54) is 10.5 Å². The second-order valence-electron chi connectivity index (χ2n) is 8.55. The van der Waals surface area contributed by atoms with Crippen LogP contribution in [-0.2, 0) is 20.9 Å². The first-order valence-electron chi connectivity index (χ1n) is 9.64. The fourth-order valence-electron chi connectivity index (χ4n) is 3.74. The van der Waals surface area contributed by atoms with E-state index < -0.39 is 5.41 Å². The molecule has 0 bridgehead atoms. The Balaban J connectivity index is 1.71. The zero-order valence-corrected chi connectivity index (χ0v) is 16.7. The highest BCUT2D eigenvalue weighted by Crippen LogP contribution is 2.42. The van der Waals surface area contributed by atoms with Gasteiger partial charge in [0.15, 0.2) is 0 Å². The van der Waals surface area contributed by atoms with Crippen LogP contribution in [0.3, 0.4) is 0 Å². The summed E-state index contributed by atoms with van der Waals surface area (Å²) in [6, 6.07) is 6.64. The first-order valence-corrected chi connectivity index (χ1v) is 9.64. The molecule has 7 nitrogen and oxygen atoms in total. The summed E-state index contributed by atoms with van der Waals surface area (Å²) in [5.41, 5.74) is -0.464. The van der Waals surface area contributed by atoms with Gasteiger partial charge in [0, 0.05) is 24.2 Å². The standard InChI is InChI=1S/C21H27N3O4/c1-20(2,3)23-17(25)13-21(9-5-6-10-21)19(27)28-14-15-12-18(26)24-11-7-4-8-16(24)22-15/h4,7-8,11-12H,5-6,9-10,13-14H2,1-3H3,(H,23,25). The summed E-state index contributed by atoms with van der Waals surface area (Å²) in [6.45, 7) is 5.65. The maximum absolute atomic E-state index is 12.9. The summed E-state index contributed by atoms with van der Waals surface area (Å²) in [6.07, 6.45) is 4.83. The minimum absolute atomic E-state index is 0.0812. The van der Waals surface area contributed by atoms with E-state index in [4.69, 9.17) is 4.74 Å². The minimum Gasteiger partial charge on any atom is -0.459 e. The largest absolute Gasteiger partial charge is 0.459 e. The molecular weight excluding hydrogens is 358 g/mol. The molecule has 28 heavy (non-hydrogen) atoms. The molecule has 0 spiro atoms. The van der Waals surface area contributed by atoms with Crippen molar-refractivity contribution in [3.63, 3.8) is 0 Å². The molecule has 0 aromatic carbocycles. The van der Waals surface area contributed by atoms with Crippen LogP contribution < -0.4 is 10.9 Å². The molecule has 0 aliphatic heterocycles. The highest BCUT2D eigenvalue weighted by Gasteiger charge is 2.44. The first-order chi connectivity index (χ1) is 13.2. The van der Waals surface area contributed by atoms with E-state index in [-0.39, 0.29) is 36.0 Å². The van der Waals surface area contributed by atoms with Crippen molar-refractivity contribution in [1.82, 2.24) is 14.7 Å². The number of hydrogen-bond acceptors (Lipinski definition) is 5. The maximum atomic E-state index is 12.9. The molecule has 1 amide bonds. The lowest BCUT2D eigenvalue weighted by atomic mass is 9.82. The van der Waals surface area contributed by atoms with E-state index in [0.29, 0.717) is 24.2 Å². The number of esters is 1. The number of aromatic nitrogens is 2. The molecule has 0 saturated heterocycles. The van der Waals surface area contributed by atoms with Gasteiger partial charge in [-0.1, -0.05) is 18.9 Å². The van der Waals surface area contributed by atoms with E-state index >= 15 is 0 Å². The van der Waals surface area contributed by atoms with Gasteiger partial charge in [0.25, 0.3) is 5.56 Å². The number of ether oxygens (including phenoxy) is 1. The molecule has 1 aliphatic carbocycles. The Kier molecular flexibility index (Phi) is 5.54. The number of nitrogens with one attached hydrogen (secondary N) is 1. The lowest BCUT2D eigenvalue weighted by Crippen LogP contribution is -2.44. The van der Waals surface area contributed by atoms with Crippen LogP contribution in [0.5, 0.6) is 0 Å². The number of pyridine rings is 1. The second kappa shape index (κ2) is 7.73. The fraction of sp³-hybridized carbons (Fsp3) is 0.524. The van der Waals surface area contributed by atoms with Crippen molar-refractivity contribution in [1.29, 1.82) is 0 Å². The van der Waals surface area contributed by atoms with Crippen molar-refractivity contribution < 1.29 is 14.3 Å². The molecule has 1 aliphatic rings. The van der Waals surface area contributed by atoms with Gasteiger partial charge in [0.1, 0.15) is 12.3 Å². The normalized spacial score (nSPS) is 16.1. The Morgan fingerprint density at radius 1 is 1.25 bits per heavy atom. The number of amides is 1. The molecule has 3 rings (SSSR count). The van der Waals surface area contributed by atoms with Gasteiger partial charge in [-0.2, -0.15) is 0 Å². The van der Waals surface area contributed by atoms with Crippen LogP contribution in [0.1, 0.15) is 58.6 Å². The minimum atomic E-state index is -0.790. The molecule has 1 N–H and O–H groups in total. The summed E-state index contributed by atoms with van der Waals surface area (Å²) >= 11 is 0. The van der Waals surface area contributed by atoms with Crippen LogP contribution in [-0.4, -0.2) is 26.8 Å². The van der Waals surface area contributed by atoms with Crippen LogP contribution >= 0.6 is 0 Å². The summed E-state index contributed by atoms with van der Waals surface area (Å²) in [5.74, 6) is -0.530. The summed E-state index contributed by atoms with van der Waals surface area (Å²) in [5, 5.41) is 2.92. The Bertz CT molecular complexity index is 937. The third-order valence-electron chi connectivity index (χ3n) is 4.98. The van der Waals surface area contributed by atoms with Crippen LogP contribution in [0, 0.1) is 5.41 Å². The molecule has 1 fully saturated rings. The van der Waals surface area contributed by atoms with E-state index in [2.05, 4.69) is 10.3 Å². The van der Waals surface area contributed by atoms with E-state index in [0.717, 1.165) is 12.8 Å². The molecule has 150 valence electrons. The highest BCUT2D eigenvalue weighted by molar-refractivity contribution is 5.86. The lowest BCUT2D eigenvalue weighted by Gasteiger charge is -2.28. The smallest absolute Gasteiger partial charge is 0.312 e. The average Bonchev–Trinajstić information content (AvgIpc) is 3.07. The second-order valence-corrected chi connectivity index (χ2v) is 8.55. The van der Waals surface area contributed by atoms with Gasteiger partial charge in [-0.25, -0.2) is 4.98 Å². The third kappa shape index (κ3) is 4.58. The van der Waals surface area contributed by atoms with Crippen molar-refractivity contribution in [3.8, 4) is 0 Å². The predicted octanol–water partition coefficient (Wildman–Crippen LogP) is 2.60. The SMILES string of the molecule is CC(C)(C)NC(=O)CC1(C(=O)OCc2cc(=O)n3ccccc3n2)CCCC1. The Hall–Kier alpha value is -2.70. The van der Waals surface area contributed by atoms with Gasteiger partial charge in [-0.15, -0.1) is 0 Å². The van der Waals surface area contributed by atoms with Gasteiger partial charge >= 0.3 is 5.97 Å². The number of hydrogen-bond donors (Lipinski definition) is 1. The van der Waals surface area contributed by atoms with Gasteiger partial charge in [-0.3, -0.25) is 18.8 Å². The summed E-state index contributed by atoms with van der Waals surface area (Å²) < 4.78 is 6.95. The topological polar surface area (TPSA) is 89.8 Å². The average molecular weight is 385 g/mol. The van der Waals surface area contributed by atoms with E-state index in [1.807, 2.05) is 20.8 Å². The fourth-order valence-corrected chi connectivity index (χ4v) is 3.74. The molecule has 2 aromatic heterocycles. The van der Waals surface area contributed by atoms with Crippen molar-refractivity contribution in [3.05, 3.63) is 46.5 Å². The molecule has 0 radical (unpaired) electrons. The summed E-state index contributed by atoms with van der Waals surface area (Å²) in [7, 11) is 0. The highest BCUT2D eigenvalue weighted by atomic mass is 16.5. The van der Waals surface area contributed by atoms with Gasteiger partial charge in [-0.05, 0) is 45.7 Å². The summed E-state index contributed by atoms with van der Waals surface area (Å²) in [4.78, 5) is 41.8. The molecule has 1 saturated carbocycles. The van der Waals surface area contributed by atoms with Gasteiger partial charge in [0.2, 0.25) is 5.91 Å². The Morgan fingerprint density at radius 3 is 2.64 bits per heavy atom.